The maximum atomic E-state index is 7.37. The highest BCUT2D eigenvalue weighted by atomic mass is 16.3. The third-order valence-corrected chi connectivity index (χ3v) is 14.0. The van der Waals surface area contributed by atoms with E-state index in [1.807, 2.05) is 0 Å². The molecule has 0 fully saturated rings. The molecular formula is C62H41NO. The molecule has 0 saturated carbocycles. The lowest BCUT2D eigenvalue weighted by Crippen LogP contribution is -2.44. The van der Waals surface area contributed by atoms with Crippen LogP contribution in [0, 0.1) is 0 Å². The number of benzene rings is 10. The maximum Gasteiger partial charge on any atom is 0.142 e. The summed E-state index contributed by atoms with van der Waals surface area (Å²) in [5.74, 6) is 0. The fraction of sp³-hybridized carbons (Fsp3) is 0.0323. The van der Waals surface area contributed by atoms with Gasteiger partial charge >= 0.3 is 0 Å². The Morgan fingerprint density at radius 2 is 0.719 bits per heavy atom. The first kappa shape index (κ1) is 36.5. The molecule has 2 aliphatic rings. The maximum absolute atomic E-state index is 7.37. The summed E-state index contributed by atoms with van der Waals surface area (Å²) < 4.78 is 7.37. The van der Waals surface area contributed by atoms with Gasteiger partial charge in [-0.15, -0.1) is 0 Å². The Hall–Kier alpha value is -8.20. The zero-order valence-electron chi connectivity index (χ0n) is 35.0. The third-order valence-electron chi connectivity index (χ3n) is 14.0. The van der Waals surface area contributed by atoms with Crippen molar-refractivity contribution in [1.82, 2.24) is 0 Å². The van der Waals surface area contributed by atoms with Crippen LogP contribution < -0.4 is 4.90 Å². The van der Waals surface area contributed by atoms with Crippen LogP contribution in [0.5, 0.6) is 0 Å². The molecule has 64 heavy (non-hydrogen) atoms. The van der Waals surface area contributed by atoms with Crippen LogP contribution in [-0.4, -0.2) is 0 Å². The minimum absolute atomic E-state index is 0.754. The molecule has 13 rings (SSSR count). The summed E-state index contributed by atoms with van der Waals surface area (Å²) in [4.78, 5) is 2.58. The van der Waals surface area contributed by atoms with E-state index in [1.165, 1.54) is 55.6 Å². The molecule has 1 aromatic heterocycles. The fourth-order valence-corrected chi connectivity index (χ4v) is 11.4. The lowest BCUT2D eigenvalue weighted by Gasteiger charge is -2.53. The summed E-state index contributed by atoms with van der Waals surface area (Å²) in [6.45, 7) is 0. The summed E-state index contributed by atoms with van der Waals surface area (Å²) in [7, 11) is 0. The zero-order chi connectivity index (χ0) is 42.2. The number of fused-ring (bicyclic) bond motifs is 8. The van der Waals surface area contributed by atoms with Crippen molar-refractivity contribution in [2.75, 3.05) is 4.90 Å². The quantitative estimate of drug-likeness (QED) is 0.166. The van der Waals surface area contributed by atoms with Crippen LogP contribution >= 0.6 is 0 Å². The lowest BCUT2D eigenvalue weighted by molar-refractivity contribution is 0.636. The summed E-state index contributed by atoms with van der Waals surface area (Å²) >= 11 is 0. The minimum Gasteiger partial charge on any atom is -0.456 e. The first-order chi connectivity index (χ1) is 31.8. The third kappa shape index (κ3) is 5.02. The van der Waals surface area contributed by atoms with E-state index in [9.17, 15) is 0 Å². The number of rotatable bonds is 6. The summed E-state index contributed by atoms with van der Waals surface area (Å²) in [6.07, 6.45) is 0. The van der Waals surface area contributed by atoms with E-state index in [4.69, 9.17) is 4.42 Å². The Labute approximate surface area is 373 Å². The molecule has 11 aromatic rings. The van der Waals surface area contributed by atoms with Gasteiger partial charge < -0.3 is 9.32 Å². The highest BCUT2D eigenvalue weighted by Gasteiger charge is 2.55. The molecule has 0 atom stereocenters. The molecule has 0 saturated heterocycles. The predicted molar refractivity (Wildman–Crippen MR) is 263 cm³/mol. The Bertz CT molecular complexity index is 3440. The van der Waals surface area contributed by atoms with Gasteiger partial charge in [-0.25, -0.2) is 0 Å². The van der Waals surface area contributed by atoms with Crippen molar-refractivity contribution in [1.29, 1.82) is 0 Å². The number of anilines is 3. The highest BCUT2D eigenvalue weighted by molar-refractivity contribution is 6.12. The van der Waals surface area contributed by atoms with Gasteiger partial charge in [-0.2, -0.15) is 0 Å². The minimum atomic E-state index is -0.822. The van der Waals surface area contributed by atoms with Crippen molar-refractivity contribution in [3.8, 4) is 22.3 Å². The van der Waals surface area contributed by atoms with Gasteiger partial charge in [0.2, 0.25) is 0 Å². The SMILES string of the molecule is c1ccc(-c2ccc3c(c2)C(c2ccccc2)(c2ccccc2)c2cc4c(oc5ccccc54)c4c2N3c2ccc(-c3ccccc3)cc2C4(c2ccccc2)c2ccccc2)cc1. The van der Waals surface area contributed by atoms with Gasteiger partial charge in [0.05, 0.1) is 27.9 Å². The van der Waals surface area contributed by atoms with Gasteiger partial charge in [0.1, 0.15) is 11.2 Å². The van der Waals surface area contributed by atoms with Crippen molar-refractivity contribution >= 4 is 39.0 Å². The molecular weight excluding hydrogens is 775 g/mol. The molecule has 0 N–H and O–H groups in total. The average Bonchev–Trinajstić information content (AvgIpc) is 3.76. The van der Waals surface area contributed by atoms with E-state index in [0.29, 0.717) is 0 Å². The number of para-hydroxylation sites is 1. The molecule has 0 aliphatic carbocycles. The molecule has 3 heterocycles. The van der Waals surface area contributed by atoms with Crippen LogP contribution in [0.15, 0.2) is 253 Å². The van der Waals surface area contributed by atoms with Crippen LogP contribution in [0.1, 0.15) is 44.5 Å². The number of hydrogen-bond donors (Lipinski definition) is 0. The molecule has 10 aromatic carbocycles. The molecule has 0 amide bonds. The Morgan fingerprint density at radius 3 is 1.20 bits per heavy atom. The molecule has 0 bridgehead atoms. The smallest absolute Gasteiger partial charge is 0.142 e. The molecule has 0 radical (unpaired) electrons. The normalized spacial score (nSPS) is 14.2. The second-order valence-corrected chi connectivity index (χ2v) is 17.1. The second-order valence-electron chi connectivity index (χ2n) is 17.1. The molecule has 2 heteroatoms. The van der Waals surface area contributed by atoms with Gasteiger partial charge in [-0.3, -0.25) is 0 Å². The fourth-order valence-electron chi connectivity index (χ4n) is 11.4. The van der Waals surface area contributed by atoms with E-state index in [-0.39, 0.29) is 0 Å². The van der Waals surface area contributed by atoms with Crippen LogP contribution in [0.2, 0.25) is 0 Å². The van der Waals surface area contributed by atoms with E-state index in [2.05, 4.69) is 254 Å². The summed E-state index contributed by atoms with van der Waals surface area (Å²) in [5.41, 5.74) is 17.8. The van der Waals surface area contributed by atoms with Crippen molar-refractivity contribution < 1.29 is 4.42 Å². The second kappa shape index (κ2) is 14.2. The largest absolute Gasteiger partial charge is 0.456 e. The Balaban J connectivity index is 1.31. The van der Waals surface area contributed by atoms with E-state index < -0.39 is 10.8 Å². The number of nitrogens with zero attached hydrogens (tertiary/aromatic N) is 1. The topological polar surface area (TPSA) is 16.4 Å². The lowest BCUT2D eigenvalue weighted by atomic mass is 9.56. The number of hydrogen-bond acceptors (Lipinski definition) is 2. The van der Waals surface area contributed by atoms with E-state index >= 15 is 0 Å². The Kier molecular flexibility index (Phi) is 8.07. The molecule has 0 unspecified atom stereocenters. The average molecular weight is 816 g/mol. The van der Waals surface area contributed by atoms with Gasteiger partial charge in [-0.05, 0) is 97.6 Å². The Morgan fingerprint density at radius 1 is 0.312 bits per heavy atom. The monoisotopic (exact) mass is 815 g/mol. The van der Waals surface area contributed by atoms with Crippen molar-refractivity contribution in [3.05, 3.63) is 293 Å². The van der Waals surface area contributed by atoms with Crippen LogP contribution in [0.3, 0.4) is 0 Å². The predicted octanol–water partition coefficient (Wildman–Crippen LogP) is 15.8. The first-order valence-corrected chi connectivity index (χ1v) is 22.2. The standard InChI is InChI=1S/C62H41NO/c1-7-21-42(22-8-1)44-35-37-55-52(39-44)61(46-25-11-3-12-26-46,47-27-13-4-14-28-47)54-41-51-50-33-19-20-34-57(50)64-60(51)58-59(54)63(55)56-38-36-45(43-23-9-2-10-24-43)40-53(56)62(58,48-29-15-5-16-30-48)49-31-17-6-18-32-49/h1-41H. The van der Waals surface area contributed by atoms with Gasteiger partial charge in [-0.1, -0.05) is 212 Å². The molecule has 2 aliphatic heterocycles. The zero-order valence-corrected chi connectivity index (χ0v) is 35.0. The molecule has 300 valence electrons. The van der Waals surface area contributed by atoms with Gasteiger partial charge in [0.25, 0.3) is 0 Å². The summed E-state index contributed by atoms with van der Waals surface area (Å²) in [6, 6.07) is 91.7. The summed E-state index contributed by atoms with van der Waals surface area (Å²) in [5, 5.41) is 2.20. The molecule has 2 nitrogen and oxygen atoms in total. The van der Waals surface area contributed by atoms with Gasteiger partial charge in [0.15, 0.2) is 0 Å². The van der Waals surface area contributed by atoms with E-state index in [1.54, 1.807) is 0 Å². The van der Waals surface area contributed by atoms with Crippen LogP contribution in [-0.2, 0) is 10.8 Å². The number of furan rings is 1. The van der Waals surface area contributed by atoms with Crippen molar-refractivity contribution in [2.24, 2.45) is 0 Å². The first-order valence-electron chi connectivity index (χ1n) is 22.2. The highest BCUT2D eigenvalue weighted by Crippen LogP contribution is 2.67. The van der Waals surface area contributed by atoms with Crippen LogP contribution in [0.4, 0.5) is 17.1 Å². The van der Waals surface area contributed by atoms with Crippen molar-refractivity contribution in [2.45, 2.75) is 10.8 Å². The van der Waals surface area contributed by atoms with Crippen LogP contribution in [0.25, 0.3) is 44.2 Å². The molecule has 0 spiro atoms. The van der Waals surface area contributed by atoms with Crippen molar-refractivity contribution in [3.63, 3.8) is 0 Å². The van der Waals surface area contributed by atoms with Gasteiger partial charge in [0, 0.05) is 16.3 Å². The van der Waals surface area contributed by atoms with E-state index in [0.717, 1.165) is 50.1 Å².